The van der Waals surface area contributed by atoms with Crippen LogP contribution in [0.25, 0.3) is 89.5 Å². The van der Waals surface area contributed by atoms with Crippen LogP contribution in [0, 0.1) is 0 Å². The second kappa shape index (κ2) is 14.1. The summed E-state index contributed by atoms with van der Waals surface area (Å²) in [7, 11) is 0. The highest BCUT2D eigenvalue weighted by molar-refractivity contribution is 5.98. The highest BCUT2D eigenvalue weighted by Crippen LogP contribution is 2.61. The van der Waals surface area contributed by atoms with E-state index in [4.69, 9.17) is 9.97 Å². The first-order chi connectivity index (χ1) is 30.2. The van der Waals surface area contributed by atoms with Gasteiger partial charge in [0.25, 0.3) is 0 Å². The third-order valence-corrected chi connectivity index (χ3v) is 12.8. The van der Waals surface area contributed by atoms with Crippen molar-refractivity contribution in [3.63, 3.8) is 0 Å². The Morgan fingerprint density at radius 3 is 1.21 bits per heavy atom. The van der Waals surface area contributed by atoms with Gasteiger partial charge in [-0.25, -0.2) is 9.97 Å². The molecule has 0 aliphatic heterocycles. The molecule has 1 heterocycles. The summed E-state index contributed by atoms with van der Waals surface area (Å²) in [5.74, 6) is 0.689. The Hall–Kier alpha value is -7.94. The van der Waals surface area contributed by atoms with E-state index in [0.29, 0.717) is 5.82 Å². The zero-order chi connectivity index (χ0) is 40.3. The first kappa shape index (κ1) is 35.0. The Labute approximate surface area is 356 Å². The van der Waals surface area contributed by atoms with E-state index in [0.717, 1.165) is 39.2 Å². The van der Waals surface area contributed by atoms with Gasteiger partial charge in [0.2, 0.25) is 0 Å². The molecule has 1 spiro atoms. The van der Waals surface area contributed by atoms with Crippen molar-refractivity contribution in [3.8, 4) is 89.5 Å². The van der Waals surface area contributed by atoms with Crippen LogP contribution in [0.2, 0.25) is 0 Å². The highest BCUT2D eigenvalue weighted by Gasteiger charge is 2.49. The molecule has 0 saturated carbocycles. The summed E-state index contributed by atoms with van der Waals surface area (Å²) in [5.41, 5.74) is 21.5. The van der Waals surface area contributed by atoms with E-state index in [9.17, 15) is 0 Å². The third-order valence-electron chi connectivity index (χ3n) is 12.8. The topological polar surface area (TPSA) is 25.8 Å². The van der Waals surface area contributed by atoms with Crippen molar-refractivity contribution in [1.82, 2.24) is 9.97 Å². The van der Waals surface area contributed by atoms with Crippen molar-refractivity contribution >= 4 is 0 Å². The number of nitrogens with zero attached hydrogens (tertiary/aromatic N) is 2. The summed E-state index contributed by atoms with van der Waals surface area (Å²) < 4.78 is 0. The van der Waals surface area contributed by atoms with Gasteiger partial charge in [-0.2, -0.15) is 0 Å². The Kier molecular flexibility index (Phi) is 8.11. The Morgan fingerprint density at radius 2 is 0.623 bits per heavy atom. The van der Waals surface area contributed by atoms with Gasteiger partial charge < -0.3 is 0 Å². The van der Waals surface area contributed by atoms with Gasteiger partial charge in [0, 0.05) is 16.7 Å². The van der Waals surface area contributed by atoms with E-state index >= 15 is 0 Å². The molecule has 0 atom stereocenters. The van der Waals surface area contributed by atoms with E-state index < -0.39 is 5.41 Å². The van der Waals surface area contributed by atoms with Gasteiger partial charge >= 0.3 is 0 Å². The predicted molar refractivity (Wildman–Crippen MR) is 251 cm³/mol. The van der Waals surface area contributed by atoms with Gasteiger partial charge in [-0.15, -0.1) is 0 Å². The zero-order valence-corrected chi connectivity index (χ0v) is 33.3. The summed E-state index contributed by atoms with van der Waals surface area (Å²) in [5, 5.41) is 0. The van der Waals surface area contributed by atoms with Crippen LogP contribution in [-0.4, -0.2) is 9.97 Å². The molecule has 0 bridgehead atoms. The van der Waals surface area contributed by atoms with Gasteiger partial charge in [-0.1, -0.05) is 212 Å². The van der Waals surface area contributed by atoms with E-state index in [2.05, 4.69) is 231 Å². The molecule has 0 saturated heterocycles. The molecule has 0 unspecified atom stereocenters. The number of rotatable bonds is 5. The smallest absolute Gasteiger partial charge is 0.160 e. The Balaban J connectivity index is 1.12. The van der Waals surface area contributed by atoms with Crippen LogP contribution >= 0.6 is 0 Å². The second-order valence-corrected chi connectivity index (χ2v) is 16.0. The van der Waals surface area contributed by atoms with Gasteiger partial charge in [0.05, 0.1) is 16.8 Å². The summed E-state index contributed by atoms with van der Waals surface area (Å²) in [6.07, 6.45) is 0. The number of benzene rings is 9. The van der Waals surface area contributed by atoms with Crippen molar-refractivity contribution in [2.45, 2.75) is 5.41 Å². The quantitative estimate of drug-likeness (QED) is 0.174. The molecular weight excluding hydrogens is 737 g/mol. The number of hydrogen-bond donors (Lipinski definition) is 0. The van der Waals surface area contributed by atoms with Crippen molar-refractivity contribution in [1.29, 1.82) is 0 Å². The van der Waals surface area contributed by atoms with E-state index in [1.165, 1.54) is 66.8 Å². The summed E-state index contributed by atoms with van der Waals surface area (Å²) in [6.45, 7) is 0. The van der Waals surface area contributed by atoms with Gasteiger partial charge in [0.15, 0.2) is 5.82 Å². The molecule has 9 aromatic carbocycles. The maximum atomic E-state index is 5.45. The lowest BCUT2D eigenvalue weighted by Crippen LogP contribution is -2.29. The lowest BCUT2D eigenvalue weighted by Gasteiger charge is -2.35. The molecule has 0 fully saturated rings. The molecule has 0 amide bonds. The number of hydrogen-bond acceptors (Lipinski definition) is 2. The third kappa shape index (κ3) is 5.57. The first-order valence-corrected chi connectivity index (χ1v) is 21.0. The van der Waals surface area contributed by atoms with Crippen LogP contribution in [0.3, 0.4) is 0 Å². The van der Waals surface area contributed by atoms with Crippen molar-refractivity contribution in [2.24, 2.45) is 0 Å². The molecule has 1 aromatic heterocycles. The fraction of sp³-hybridized carbons (Fsp3) is 0.0169. The maximum absolute atomic E-state index is 5.45. The molecule has 2 aliphatic rings. The molecule has 2 aliphatic carbocycles. The minimum Gasteiger partial charge on any atom is -0.228 e. The maximum Gasteiger partial charge on any atom is 0.160 e. The fourth-order valence-corrected chi connectivity index (χ4v) is 10.0. The van der Waals surface area contributed by atoms with E-state index in [1.807, 2.05) is 0 Å². The molecule has 284 valence electrons. The van der Waals surface area contributed by atoms with Gasteiger partial charge in [-0.05, 0) is 96.1 Å². The van der Waals surface area contributed by atoms with Crippen molar-refractivity contribution in [3.05, 3.63) is 253 Å². The van der Waals surface area contributed by atoms with Crippen LogP contribution in [0.15, 0.2) is 231 Å². The second-order valence-electron chi connectivity index (χ2n) is 16.0. The fourth-order valence-electron chi connectivity index (χ4n) is 10.0. The van der Waals surface area contributed by atoms with Crippen LogP contribution in [0.4, 0.5) is 0 Å². The molecule has 61 heavy (non-hydrogen) atoms. The minimum absolute atomic E-state index is 0.579. The molecule has 2 nitrogen and oxygen atoms in total. The summed E-state index contributed by atoms with van der Waals surface area (Å²) in [6, 6.07) is 83.6. The van der Waals surface area contributed by atoms with Crippen LogP contribution < -0.4 is 0 Å². The van der Waals surface area contributed by atoms with Crippen molar-refractivity contribution in [2.75, 3.05) is 0 Å². The van der Waals surface area contributed by atoms with E-state index in [1.54, 1.807) is 0 Å². The zero-order valence-electron chi connectivity index (χ0n) is 33.3. The monoisotopic (exact) mass is 774 g/mol. The van der Waals surface area contributed by atoms with Gasteiger partial charge in [-0.3, -0.25) is 0 Å². The molecule has 0 radical (unpaired) electrons. The first-order valence-electron chi connectivity index (χ1n) is 21.0. The number of fused-ring (bicyclic) bond motifs is 12. The average Bonchev–Trinajstić information content (AvgIpc) is 3.59. The standard InChI is InChI=1S/C59H38N2/c1-3-16-39(17-4-1)41-30-32-42(33-31-41)56-38-57(61-58(60-56)45-21-15-20-43(36-45)40-18-5-2-6-19-40)44-34-35-51-47-23-8-7-22-46(47)48-24-9-12-27-52(48)59(55(51)37-44)53-28-13-10-25-49(53)50-26-11-14-29-54(50)59/h1-38H. The summed E-state index contributed by atoms with van der Waals surface area (Å²) >= 11 is 0. The largest absolute Gasteiger partial charge is 0.228 e. The molecule has 0 N–H and O–H groups in total. The molecular formula is C59H38N2. The molecule has 10 aromatic rings. The predicted octanol–water partition coefficient (Wildman–Crippen LogP) is 14.8. The van der Waals surface area contributed by atoms with Crippen molar-refractivity contribution < 1.29 is 0 Å². The number of aromatic nitrogens is 2. The summed E-state index contributed by atoms with van der Waals surface area (Å²) in [4.78, 5) is 10.8. The Morgan fingerprint density at radius 1 is 0.230 bits per heavy atom. The Bertz CT molecular complexity index is 3250. The lowest BCUT2D eigenvalue weighted by atomic mass is 9.65. The minimum atomic E-state index is -0.579. The lowest BCUT2D eigenvalue weighted by molar-refractivity contribution is 0.775. The van der Waals surface area contributed by atoms with Crippen LogP contribution in [0.1, 0.15) is 22.3 Å². The highest BCUT2D eigenvalue weighted by atomic mass is 14.9. The molecule has 12 rings (SSSR count). The van der Waals surface area contributed by atoms with Gasteiger partial charge in [0.1, 0.15) is 0 Å². The SMILES string of the molecule is c1ccc(-c2ccc(-c3cc(-c4ccc5c(c4)C4(c6ccccc6-c6ccccc6-5)c5ccccc5-c5ccccc54)nc(-c4cccc(-c5ccccc5)c4)n3)cc2)cc1. The normalized spacial score (nSPS) is 12.7. The molecule has 2 heteroatoms. The average molecular weight is 775 g/mol. The van der Waals surface area contributed by atoms with E-state index in [-0.39, 0.29) is 0 Å². The van der Waals surface area contributed by atoms with Crippen LogP contribution in [0.5, 0.6) is 0 Å². The van der Waals surface area contributed by atoms with Crippen LogP contribution in [-0.2, 0) is 5.41 Å².